The van der Waals surface area contributed by atoms with Crippen molar-refractivity contribution in [2.24, 2.45) is 23.3 Å². The molecule has 104 valence electrons. The lowest BCUT2D eigenvalue weighted by molar-refractivity contribution is -0.147. The fourth-order valence-corrected chi connectivity index (χ4v) is 0.755. The lowest BCUT2D eigenvalue weighted by Gasteiger charge is -2.15. The van der Waals surface area contributed by atoms with Crippen LogP contribution in [0.5, 0.6) is 0 Å². The van der Waals surface area contributed by atoms with Gasteiger partial charge >= 0.3 is 11.9 Å². The van der Waals surface area contributed by atoms with Gasteiger partial charge in [-0.1, -0.05) is 27.7 Å². The lowest BCUT2D eigenvalue weighted by Crippen LogP contribution is -2.32. The van der Waals surface area contributed by atoms with Crippen LogP contribution in [-0.4, -0.2) is 24.4 Å². The van der Waals surface area contributed by atoms with Gasteiger partial charge < -0.3 is 9.47 Å². The topological polar surface area (TPSA) is 105 Å². The largest absolute Gasteiger partial charge is 0.443 e. The van der Waals surface area contributed by atoms with E-state index in [1.807, 2.05) is 27.7 Å². The van der Waals surface area contributed by atoms with E-state index >= 15 is 0 Å². The summed E-state index contributed by atoms with van der Waals surface area (Å²) in [6.45, 7) is 7.27. The summed E-state index contributed by atoms with van der Waals surface area (Å²) >= 11 is 0. The second kappa shape index (κ2) is 7.84. The number of hydrogen-bond donors (Lipinski definition) is 2. The standard InChI is InChI=1S/C12H22N2O4/c1-7(2)11(13)17-9(15)5-6-10(16)18-12(14)8(3)4/h5-8,11-12H,13-14H2,1-4H3/b6-5-. The van der Waals surface area contributed by atoms with Gasteiger partial charge in [0.05, 0.1) is 0 Å². The van der Waals surface area contributed by atoms with Crippen molar-refractivity contribution in [2.45, 2.75) is 40.2 Å². The van der Waals surface area contributed by atoms with Crippen LogP contribution in [0, 0.1) is 11.8 Å². The number of hydrogen-bond acceptors (Lipinski definition) is 6. The molecule has 4 N–H and O–H groups in total. The number of esters is 2. The average Bonchev–Trinajstić information content (AvgIpc) is 2.25. The van der Waals surface area contributed by atoms with Gasteiger partial charge in [0.1, 0.15) is 0 Å². The van der Waals surface area contributed by atoms with Gasteiger partial charge in [-0.2, -0.15) is 0 Å². The summed E-state index contributed by atoms with van der Waals surface area (Å²) in [6.07, 6.45) is 0.544. The minimum absolute atomic E-state index is 0.00339. The first kappa shape index (κ1) is 16.6. The molecule has 0 saturated heterocycles. The SMILES string of the molecule is CC(C)C(N)OC(=O)/C=C\C(=O)OC(N)C(C)C. The van der Waals surface area contributed by atoms with Crippen LogP contribution in [0.2, 0.25) is 0 Å². The summed E-state index contributed by atoms with van der Waals surface area (Å²) in [5.41, 5.74) is 11.1. The van der Waals surface area contributed by atoms with Crippen LogP contribution in [0.3, 0.4) is 0 Å². The van der Waals surface area contributed by atoms with Crippen LogP contribution < -0.4 is 11.5 Å². The molecule has 6 heteroatoms. The molecule has 2 unspecified atom stereocenters. The van der Waals surface area contributed by atoms with Gasteiger partial charge in [0.25, 0.3) is 0 Å². The van der Waals surface area contributed by atoms with E-state index in [2.05, 4.69) is 0 Å². The van der Waals surface area contributed by atoms with E-state index in [9.17, 15) is 9.59 Å². The van der Waals surface area contributed by atoms with Gasteiger partial charge in [0.15, 0.2) is 12.5 Å². The maximum Gasteiger partial charge on any atom is 0.332 e. The highest BCUT2D eigenvalue weighted by Gasteiger charge is 2.13. The van der Waals surface area contributed by atoms with Crippen molar-refractivity contribution in [3.8, 4) is 0 Å². The Bertz CT molecular complexity index is 283. The Morgan fingerprint density at radius 1 is 0.833 bits per heavy atom. The first-order valence-corrected chi connectivity index (χ1v) is 5.84. The fraction of sp³-hybridized carbons (Fsp3) is 0.667. The van der Waals surface area contributed by atoms with Crippen molar-refractivity contribution in [1.29, 1.82) is 0 Å². The van der Waals surface area contributed by atoms with Crippen LogP contribution in [0.4, 0.5) is 0 Å². The summed E-state index contributed by atoms with van der Waals surface area (Å²) in [4.78, 5) is 22.5. The molecule has 0 fully saturated rings. The summed E-state index contributed by atoms with van der Waals surface area (Å²) in [7, 11) is 0. The van der Waals surface area contributed by atoms with Gasteiger partial charge in [-0.3, -0.25) is 11.5 Å². The molecule has 0 aliphatic carbocycles. The third-order valence-corrected chi connectivity index (χ3v) is 2.17. The highest BCUT2D eigenvalue weighted by Crippen LogP contribution is 2.02. The molecule has 0 bridgehead atoms. The molecule has 0 rings (SSSR count). The first-order valence-electron chi connectivity index (χ1n) is 5.84. The molecule has 0 aromatic heterocycles. The number of rotatable bonds is 6. The highest BCUT2D eigenvalue weighted by molar-refractivity contribution is 5.91. The maximum atomic E-state index is 11.3. The molecule has 0 heterocycles. The van der Waals surface area contributed by atoms with E-state index in [0.717, 1.165) is 12.2 Å². The van der Waals surface area contributed by atoms with Gasteiger partial charge in [0, 0.05) is 24.0 Å². The number of ether oxygens (including phenoxy) is 2. The van der Waals surface area contributed by atoms with E-state index in [0.29, 0.717) is 0 Å². The molecule has 0 aliphatic rings. The third kappa shape index (κ3) is 7.03. The summed E-state index contributed by atoms with van der Waals surface area (Å²) < 4.78 is 9.66. The van der Waals surface area contributed by atoms with Crippen LogP contribution in [0.1, 0.15) is 27.7 Å². The predicted molar refractivity (Wildman–Crippen MR) is 67.0 cm³/mol. The van der Waals surface area contributed by atoms with Crippen molar-refractivity contribution in [3.05, 3.63) is 12.2 Å². The second-order valence-electron chi connectivity index (χ2n) is 4.62. The van der Waals surface area contributed by atoms with E-state index in [1.54, 1.807) is 0 Å². The quantitative estimate of drug-likeness (QED) is 0.408. The molecule has 0 saturated carbocycles. The zero-order valence-electron chi connectivity index (χ0n) is 11.3. The first-order chi connectivity index (χ1) is 8.23. The van der Waals surface area contributed by atoms with Gasteiger partial charge in [0.2, 0.25) is 0 Å². The zero-order valence-corrected chi connectivity index (χ0v) is 11.3. The Morgan fingerprint density at radius 2 is 1.11 bits per heavy atom. The fourth-order valence-electron chi connectivity index (χ4n) is 0.755. The normalized spacial score (nSPS) is 14.9. The molecule has 0 amide bonds. The predicted octanol–water partition coefficient (Wildman–Crippen LogP) is 0.511. The van der Waals surface area contributed by atoms with Crippen molar-refractivity contribution in [1.82, 2.24) is 0 Å². The van der Waals surface area contributed by atoms with Crippen molar-refractivity contribution >= 4 is 11.9 Å². The Balaban J connectivity index is 4.15. The highest BCUT2D eigenvalue weighted by atomic mass is 16.6. The minimum Gasteiger partial charge on any atom is -0.443 e. The molecule has 6 nitrogen and oxygen atoms in total. The Labute approximate surface area is 107 Å². The smallest absolute Gasteiger partial charge is 0.332 e. The van der Waals surface area contributed by atoms with E-state index < -0.39 is 24.4 Å². The molecular weight excluding hydrogens is 236 g/mol. The van der Waals surface area contributed by atoms with Crippen LogP contribution in [-0.2, 0) is 19.1 Å². The van der Waals surface area contributed by atoms with Crippen molar-refractivity contribution < 1.29 is 19.1 Å². The Hall–Kier alpha value is -1.40. The van der Waals surface area contributed by atoms with E-state index in [-0.39, 0.29) is 11.8 Å². The molecule has 18 heavy (non-hydrogen) atoms. The van der Waals surface area contributed by atoms with Crippen molar-refractivity contribution in [2.75, 3.05) is 0 Å². The van der Waals surface area contributed by atoms with Gasteiger partial charge in [-0.25, -0.2) is 9.59 Å². The number of carbonyl (C=O) groups is 2. The molecule has 0 aromatic carbocycles. The number of nitrogens with two attached hydrogens (primary N) is 2. The van der Waals surface area contributed by atoms with Gasteiger partial charge in [-0.15, -0.1) is 0 Å². The second-order valence-corrected chi connectivity index (χ2v) is 4.62. The average molecular weight is 258 g/mol. The van der Waals surface area contributed by atoms with Crippen LogP contribution in [0.15, 0.2) is 12.2 Å². The minimum atomic E-state index is -0.698. The van der Waals surface area contributed by atoms with E-state index in [1.165, 1.54) is 0 Å². The maximum absolute atomic E-state index is 11.3. The molecule has 0 aromatic rings. The molecule has 2 atom stereocenters. The van der Waals surface area contributed by atoms with Crippen LogP contribution >= 0.6 is 0 Å². The molecule has 0 radical (unpaired) electrons. The summed E-state index contributed by atoms with van der Waals surface area (Å²) in [5.74, 6) is -1.37. The van der Waals surface area contributed by atoms with Gasteiger partial charge in [-0.05, 0) is 0 Å². The monoisotopic (exact) mass is 258 g/mol. The Morgan fingerprint density at radius 3 is 1.33 bits per heavy atom. The molecule has 0 aliphatic heterocycles. The summed E-state index contributed by atoms with van der Waals surface area (Å²) in [6, 6.07) is 0. The molecule has 0 spiro atoms. The summed E-state index contributed by atoms with van der Waals surface area (Å²) in [5, 5.41) is 0. The van der Waals surface area contributed by atoms with Crippen LogP contribution in [0.25, 0.3) is 0 Å². The van der Waals surface area contributed by atoms with Crippen molar-refractivity contribution in [3.63, 3.8) is 0 Å². The zero-order chi connectivity index (χ0) is 14.3. The van der Waals surface area contributed by atoms with E-state index in [4.69, 9.17) is 20.9 Å². The lowest BCUT2D eigenvalue weighted by atomic mass is 10.2. The molecular formula is C12H22N2O4. The number of carbonyl (C=O) groups excluding carboxylic acids is 2. The third-order valence-electron chi connectivity index (χ3n) is 2.17. The Kier molecular flexibility index (Phi) is 7.23.